The zero-order valence-electron chi connectivity index (χ0n) is 11.5. The largest absolute Gasteiger partial charge is 0.472 e. The van der Waals surface area contributed by atoms with E-state index in [-0.39, 0.29) is 39.5 Å². The number of hydrogen-bond acceptors (Lipinski definition) is 11. The molecule has 0 aliphatic rings. The molecule has 0 atom stereocenters. The summed E-state index contributed by atoms with van der Waals surface area (Å²) in [6.07, 6.45) is 0. The highest BCUT2D eigenvalue weighted by Crippen LogP contribution is 1.91. The molecule has 0 bridgehead atoms. The van der Waals surface area contributed by atoms with Gasteiger partial charge in [0.15, 0.2) is 0 Å². The van der Waals surface area contributed by atoms with Gasteiger partial charge in [-0.05, 0) is 0 Å². The van der Waals surface area contributed by atoms with Crippen molar-refractivity contribution in [1.29, 1.82) is 0 Å². The monoisotopic (exact) mass is 348 g/mol. The lowest BCUT2D eigenvalue weighted by Gasteiger charge is -2.20. The average Bonchev–Trinajstić information content (AvgIpc) is 2.36. The topological polar surface area (TPSA) is 221 Å². The summed E-state index contributed by atoms with van der Waals surface area (Å²) < 4.78 is 0. The van der Waals surface area contributed by atoms with E-state index in [1.54, 1.807) is 0 Å². The first-order valence-corrected chi connectivity index (χ1v) is 5.54. The zero-order valence-corrected chi connectivity index (χ0v) is 11.5. The maximum absolute atomic E-state index is 9.92. The Bertz CT molecular complexity index is 339. The van der Waals surface area contributed by atoms with Gasteiger partial charge >= 0.3 is 5.09 Å². The molecule has 0 aromatic rings. The summed E-state index contributed by atoms with van der Waals surface area (Å²) in [5.74, 6) is 0. The maximum atomic E-state index is 9.92. The molecule has 134 valence electrons. The van der Waals surface area contributed by atoms with Crippen LogP contribution in [0.1, 0.15) is 0 Å². The van der Waals surface area contributed by atoms with Gasteiger partial charge in [0.1, 0.15) is 24.7 Å². The van der Waals surface area contributed by atoms with E-state index in [1.807, 2.05) is 0 Å². The van der Waals surface area contributed by atoms with E-state index in [2.05, 4.69) is 14.5 Å². The van der Waals surface area contributed by atoms with Crippen LogP contribution in [-0.4, -0.2) is 75.1 Å². The third kappa shape index (κ3) is 24.2. The fourth-order valence-corrected chi connectivity index (χ4v) is 1.07. The molecule has 0 rings (SSSR count). The van der Waals surface area contributed by atoms with Crippen molar-refractivity contribution in [2.45, 2.75) is 0 Å². The van der Waals surface area contributed by atoms with Gasteiger partial charge < -0.3 is 14.5 Å². The van der Waals surface area contributed by atoms with Crippen molar-refractivity contribution in [2.24, 2.45) is 0 Å². The van der Waals surface area contributed by atoms with Crippen molar-refractivity contribution in [1.82, 2.24) is 4.90 Å². The second-order valence-corrected chi connectivity index (χ2v) is 3.26. The molecule has 0 unspecified atom stereocenters. The molecule has 0 radical (unpaired) electrons. The molecule has 0 aliphatic carbocycles. The summed E-state index contributed by atoms with van der Waals surface area (Å²) in [5, 5.41) is 39.3. The van der Waals surface area contributed by atoms with E-state index in [0.29, 0.717) is 0 Å². The molecule has 0 fully saturated rings. The molecule has 0 spiro atoms. The molecule has 0 aromatic carbocycles. The van der Waals surface area contributed by atoms with Gasteiger partial charge in [0.25, 0.3) is 15.3 Å². The van der Waals surface area contributed by atoms with E-state index < -0.39 is 20.3 Å². The van der Waals surface area contributed by atoms with Gasteiger partial charge in [-0.3, -0.25) is 4.90 Å². The fraction of sp³-hybridized carbons (Fsp3) is 1.00. The standard InChI is InChI=1S/C6H12N4O9.H2NO3/c11-8(12)17-4-1-7(2-5-18-9(13)14)3-6-19-10(15)16;2-1(3)4/h1-6H2;(H2,2,3,4)/q;+1. The molecular formula is C6H14N5O12+. The third-order valence-electron chi connectivity index (χ3n) is 1.81. The highest BCUT2D eigenvalue weighted by molar-refractivity contribution is 4.55. The molecule has 0 aliphatic heterocycles. The number of rotatable bonds is 12. The first-order valence-electron chi connectivity index (χ1n) is 5.54. The summed E-state index contributed by atoms with van der Waals surface area (Å²) in [6, 6.07) is 0. The second kappa shape index (κ2) is 13.7. The Morgan fingerprint density at radius 1 is 0.696 bits per heavy atom. The van der Waals surface area contributed by atoms with Gasteiger partial charge in [-0.15, -0.1) is 30.3 Å². The van der Waals surface area contributed by atoms with Crippen LogP contribution < -0.4 is 0 Å². The summed E-state index contributed by atoms with van der Waals surface area (Å²) in [7, 11) is 0. The second-order valence-electron chi connectivity index (χ2n) is 3.26. The minimum Gasteiger partial charge on any atom is -0.313 e. The SMILES string of the molecule is O=[N+](O)O.O=[N+]([O-])OCCN(CCO[N+](=O)[O-])CCO[N+](=O)[O-]. The summed E-state index contributed by atoms with van der Waals surface area (Å²) >= 11 is 0. The van der Waals surface area contributed by atoms with Gasteiger partial charge in [0, 0.05) is 19.6 Å². The Balaban J connectivity index is 0. The van der Waals surface area contributed by atoms with Crippen LogP contribution in [0.15, 0.2) is 0 Å². The maximum Gasteiger partial charge on any atom is 0.472 e. The van der Waals surface area contributed by atoms with Crippen molar-refractivity contribution < 1.29 is 45.3 Å². The van der Waals surface area contributed by atoms with Gasteiger partial charge in [-0.1, -0.05) is 0 Å². The van der Waals surface area contributed by atoms with Crippen molar-refractivity contribution >= 4 is 0 Å². The first kappa shape index (κ1) is 22.0. The molecule has 23 heavy (non-hydrogen) atoms. The fourth-order valence-electron chi connectivity index (χ4n) is 1.07. The van der Waals surface area contributed by atoms with Gasteiger partial charge in [0.2, 0.25) is 0 Å². The number of nitrogens with zero attached hydrogens (tertiary/aromatic N) is 5. The normalized spacial score (nSPS) is 9.26. The Hall–Kier alpha value is -3.24. The van der Waals surface area contributed by atoms with Crippen LogP contribution in [0.4, 0.5) is 0 Å². The van der Waals surface area contributed by atoms with Crippen molar-refractivity contribution in [3.05, 3.63) is 35.3 Å². The van der Waals surface area contributed by atoms with Crippen LogP contribution in [0.2, 0.25) is 0 Å². The Morgan fingerprint density at radius 3 is 1.09 bits per heavy atom. The molecule has 0 aromatic heterocycles. The smallest absolute Gasteiger partial charge is 0.313 e. The molecule has 17 heteroatoms. The lowest BCUT2D eigenvalue weighted by molar-refractivity contribution is -0.969. The lowest BCUT2D eigenvalue weighted by atomic mass is 10.4. The van der Waals surface area contributed by atoms with Crippen molar-refractivity contribution in [3.63, 3.8) is 0 Å². The predicted molar refractivity (Wildman–Crippen MR) is 62.5 cm³/mol. The Labute approximate surface area is 126 Å². The molecule has 2 N–H and O–H groups in total. The zero-order chi connectivity index (χ0) is 18.3. The van der Waals surface area contributed by atoms with E-state index >= 15 is 0 Å². The highest BCUT2D eigenvalue weighted by atomic mass is 17.0. The average molecular weight is 348 g/mol. The highest BCUT2D eigenvalue weighted by Gasteiger charge is 2.08. The van der Waals surface area contributed by atoms with Crippen LogP contribution in [0.25, 0.3) is 0 Å². The summed E-state index contributed by atoms with van der Waals surface area (Å²) in [6.45, 7) is -0.687. The van der Waals surface area contributed by atoms with Crippen LogP contribution in [-0.2, 0) is 14.5 Å². The van der Waals surface area contributed by atoms with Gasteiger partial charge in [-0.2, -0.15) is 0 Å². The first-order chi connectivity index (χ1) is 10.6. The van der Waals surface area contributed by atoms with Crippen LogP contribution in [0, 0.1) is 35.3 Å². The molecule has 0 saturated carbocycles. The number of hydrogen-bond donors (Lipinski definition) is 2. The Morgan fingerprint density at radius 2 is 0.913 bits per heavy atom. The molecular weight excluding hydrogens is 334 g/mol. The van der Waals surface area contributed by atoms with E-state index in [4.69, 9.17) is 15.3 Å². The molecule has 0 saturated heterocycles. The van der Waals surface area contributed by atoms with Crippen molar-refractivity contribution in [2.75, 3.05) is 39.5 Å². The minimum atomic E-state index is -1.25. The van der Waals surface area contributed by atoms with E-state index in [1.165, 1.54) is 4.90 Å². The minimum absolute atomic E-state index is 0.0448. The van der Waals surface area contributed by atoms with Crippen molar-refractivity contribution in [3.8, 4) is 0 Å². The molecule has 0 amide bonds. The summed E-state index contributed by atoms with van der Waals surface area (Å²) in [5.41, 5.74) is 0. The van der Waals surface area contributed by atoms with Gasteiger partial charge in [-0.25, -0.2) is 10.4 Å². The molecule has 0 heterocycles. The summed E-state index contributed by atoms with van der Waals surface area (Å²) in [4.78, 5) is 51.8. The van der Waals surface area contributed by atoms with Gasteiger partial charge in [0.05, 0.1) is 0 Å². The Kier molecular flexibility index (Phi) is 13.2. The molecule has 17 nitrogen and oxygen atoms in total. The van der Waals surface area contributed by atoms with Crippen LogP contribution in [0.3, 0.4) is 0 Å². The van der Waals surface area contributed by atoms with E-state index in [0.717, 1.165) is 0 Å². The van der Waals surface area contributed by atoms with Crippen LogP contribution >= 0.6 is 0 Å². The quantitative estimate of drug-likeness (QED) is 0.301. The van der Waals surface area contributed by atoms with Crippen LogP contribution in [0.5, 0.6) is 0 Å². The third-order valence-corrected chi connectivity index (χ3v) is 1.81. The lowest BCUT2D eigenvalue weighted by Crippen LogP contribution is -2.35. The predicted octanol–water partition coefficient (Wildman–Crippen LogP) is -1.54. The van der Waals surface area contributed by atoms with E-state index in [9.17, 15) is 30.3 Å².